The van der Waals surface area contributed by atoms with Gasteiger partial charge in [-0.2, -0.15) is 0 Å². The third kappa shape index (κ3) is 3.51. The number of hydrogen-bond donors (Lipinski definition) is 1. The summed E-state index contributed by atoms with van der Waals surface area (Å²) < 4.78 is 5.62. The van der Waals surface area contributed by atoms with Crippen molar-refractivity contribution < 1.29 is 9.53 Å². The van der Waals surface area contributed by atoms with Crippen LogP contribution in [0.1, 0.15) is 36.5 Å². The number of carbonyl (C=O) groups excluding carboxylic acids is 1. The molecular weight excluding hydrogens is 304 g/mol. The molecule has 3 rings (SSSR count). The lowest BCUT2D eigenvalue weighted by Crippen LogP contribution is -2.36. The number of aromatic nitrogens is 1. The lowest BCUT2D eigenvalue weighted by Gasteiger charge is -2.24. The van der Waals surface area contributed by atoms with Gasteiger partial charge in [-0.1, -0.05) is 11.6 Å². The largest absolute Gasteiger partial charge is 0.376 e. The maximum atomic E-state index is 12.4. The second-order valence-electron chi connectivity index (χ2n) is 6.70. The van der Waals surface area contributed by atoms with Gasteiger partial charge in [0.25, 0.3) is 5.56 Å². The second-order valence-corrected chi connectivity index (χ2v) is 6.70. The fourth-order valence-corrected chi connectivity index (χ4v) is 3.39. The van der Waals surface area contributed by atoms with Crippen molar-refractivity contribution in [2.45, 2.75) is 46.3 Å². The Morgan fingerprint density at radius 2 is 2.12 bits per heavy atom. The Labute approximate surface area is 141 Å². The summed E-state index contributed by atoms with van der Waals surface area (Å²) in [5.74, 6) is -0.0366. The highest BCUT2D eigenvalue weighted by Gasteiger charge is 2.21. The molecule has 0 bridgehead atoms. The van der Waals surface area contributed by atoms with Gasteiger partial charge in [-0.05, 0) is 49.8 Å². The van der Waals surface area contributed by atoms with E-state index in [1.165, 1.54) is 0 Å². The molecule has 1 amide bonds. The zero-order chi connectivity index (χ0) is 17.3. The number of aryl methyl sites for hydroxylation is 2. The molecule has 2 heterocycles. The minimum Gasteiger partial charge on any atom is -0.376 e. The molecule has 5 heteroatoms. The Morgan fingerprint density at radius 1 is 1.33 bits per heavy atom. The number of fused-ring (bicyclic) bond motifs is 1. The van der Waals surface area contributed by atoms with Crippen LogP contribution >= 0.6 is 0 Å². The number of nitrogens with one attached hydrogen (secondary N) is 1. The van der Waals surface area contributed by atoms with E-state index in [9.17, 15) is 9.59 Å². The topological polar surface area (TPSA) is 62.4 Å². The fraction of sp³-hybridized carbons (Fsp3) is 0.474. The lowest BCUT2D eigenvalue weighted by atomic mass is 10.0. The van der Waals surface area contributed by atoms with Crippen LogP contribution in [0.5, 0.6) is 0 Å². The summed E-state index contributed by atoms with van der Waals surface area (Å²) in [6.07, 6.45) is 2.08. The fourth-order valence-electron chi connectivity index (χ4n) is 3.39. The van der Waals surface area contributed by atoms with Gasteiger partial charge in [0.2, 0.25) is 5.91 Å². The minimum atomic E-state index is -0.131. The number of amides is 1. The predicted octanol–water partition coefficient (Wildman–Crippen LogP) is 2.67. The van der Waals surface area contributed by atoms with Gasteiger partial charge in [0.15, 0.2) is 0 Å². The van der Waals surface area contributed by atoms with Crippen molar-refractivity contribution in [2.24, 2.45) is 0 Å². The Bertz CT molecular complexity index is 819. The van der Waals surface area contributed by atoms with Crippen molar-refractivity contribution in [3.8, 4) is 0 Å². The van der Waals surface area contributed by atoms with E-state index >= 15 is 0 Å². The molecule has 1 aliphatic heterocycles. The molecule has 0 radical (unpaired) electrons. The van der Waals surface area contributed by atoms with E-state index < -0.39 is 0 Å². The van der Waals surface area contributed by atoms with Crippen LogP contribution < -0.4 is 5.56 Å². The molecule has 1 atom stereocenters. The van der Waals surface area contributed by atoms with Crippen molar-refractivity contribution in [1.82, 2.24) is 9.88 Å². The molecule has 0 aliphatic carbocycles. The standard InChI is InChI=1S/C19H24N2O3/c1-12-7-13(2)18-15(8-12)9-16(19(23)20-18)10-21(14(3)22)11-17-5-4-6-24-17/h7-9,17H,4-6,10-11H2,1-3H3,(H,20,23)/t17-/m1/s1. The van der Waals surface area contributed by atoms with E-state index in [1.807, 2.05) is 19.9 Å². The van der Waals surface area contributed by atoms with E-state index in [-0.39, 0.29) is 17.6 Å². The summed E-state index contributed by atoms with van der Waals surface area (Å²) in [4.78, 5) is 29.1. The molecule has 1 N–H and O–H groups in total. The maximum Gasteiger partial charge on any atom is 0.253 e. The first-order valence-corrected chi connectivity index (χ1v) is 8.44. The normalized spacial score (nSPS) is 17.4. The maximum absolute atomic E-state index is 12.4. The molecule has 2 aromatic rings. The van der Waals surface area contributed by atoms with E-state index in [0.29, 0.717) is 18.7 Å². The van der Waals surface area contributed by atoms with Crippen LogP contribution in [-0.2, 0) is 16.1 Å². The Balaban J connectivity index is 1.90. The van der Waals surface area contributed by atoms with Gasteiger partial charge < -0.3 is 14.6 Å². The third-order valence-electron chi connectivity index (χ3n) is 4.62. The zero-order valence-corrected chi connectivity index (χ0v) is 14.5. The van der Waals surface area contributed by atoms with Gasteiger partial charge in [0.05, 0.1) is 18.2 Å². The van der Waals surface area contributed by atoms with E-state index in [0.717, 1.165) is 41.5 Å². The highest BCUT2D eigenvalue weighted by Crippen LogP contribution is 2.19. The number of pyridine rings is 1. The van der Waals surface area contributed by atoms with Gasteiger partial charge in [0.1, 0.15) is 0 Å². The van der Waals surface area contributed by atoms with Crippen LogP contribution in [0.15, 0.2) is 23.0 Å². The average molecular weight is 328 g/mol. The van der Waals surface area contributed by atoms with Crippen LogP contribution in [0.4, 0.5) is 0 Å². The average Bonchev–Trinajstić information content (AvgIpc) is 3.01. The van der Waals surface area contributed by atoms with Crippen LogP contribution in [0.3, 0.4) is 0 Å². The zero-order valence-electron chi connectivity index (χ0n) is 14.5. The van der Waals surface area contributed by atoms with Crippen molar-refractivity contribution >= 4 is 16.8 Å². The highest BCUT2D eigenvalue weighted by molar-refractivity contribution is 5.83. The van der Waals surface area contributed by atoms with Crippen LogP contribution in [0.2, 0.25) is 0 Å². The monoisotopic (exact) mass is 328 g/mol. The highest BCUT2D eigenvalue weighted by atomic mass is 16.5. The first kappa shape index (κ1) is 16.7. The van der Waals surface area contributed by atoms with Gasteiger partial charge in [-0.3, -0.25) is 9.59 Å². The molecule has 1 aliphatic rings. The summed E-state index contributed by atoms with van der Waals surface area (Å²) in [5, 5.41) is 1.00. The number of rotatable bonds is 4. The number of aromatic amines is 1. The number of carbonyl (C=O) groups is 1. The molecule has 1 saturated heterocycles. The third-order valence-corrected chi connectivity index (χ3v) is 4.62. The predicted molar refractivity (Wildman–Crippen MR) is 94.1 cm³/mol. The smallest absolute Gasteiger partial charge is 0.253 e. The molecule has 5 nitrogen and oxygen atoms in total. The van der Waals surface area contributed by atoms with E-state index in [2.05, 4.69) is 17.1 Å². The summed E-state index contributed by atoms with van der Waals surface area (Å²) in [7, 11) is 0. The minimum absolute atomic E-state index is 0.0366. The molecule has 1 fully saturated rings. The van der Waals surface area contributed by atoms with Crippen LogP contribution in [-0.4, -0.2) is 35.0 Å². The Morgan fingerprint density at radius 3 is 2.79 bits per heavy atom. The second kappa shape index (κ2) is 6.77. The number of nitrogens with zero attached hydrogens (tertiary/aromatic N) is 1. The Hall–Kier alpha value is -2.14. The number of hydrogen-bond acceptors (Lipinski definition) is 3. The van der Waals surface area contributed by atoms with Crippen LogP contribution in [0.25, 0.3) is 10.9 Å². The van der Waals surface area contributed by atoms with Crippen molar-refractivity contribution in [2.75, 3.05) is 13.2 Å². The molecule has 128 valence electrons. The summed E-state index contributed by atoms with van der Waals surface area (Å²) in [6.45, 7) is 7.18. The molecule has 24 heavy (non-hydrogen) atoms. The van der Waals surface area contributed by atoms with Crippen molar-refractivity contribution in [3.63, 3.8) is 0 Å². The number of ether oxygens (including phenoxy) is 1. The molecule has 0 unspecified atom stereocenters. The van der Waals surface area contributed by atoms with Crippen molar-refractivity contribution in [1.29, 1.82) is 0 Å². The van der Waals surface area contributed by atoms with Crippen molar-refractivity contribution in [3.05, 3.63) is 45.2 Å². The number of H-pyrrole nitrogens is 1. The summed E-state index contributed by atoms with van der Waals surface area (Å²) in [5.41, 5.74) is 3.55. The summed E-state index contributed by atoms with van der Waals surface area (Å²) in [6, 6.07) is 6.01. The van der Waals surface area contributed by atoms with Gasteiger partial charge >= 0.3 is 0 Å². The van der Waals surface area contributed by atoms with Gasteiger partial charge in [-0.25, -0.2) is 0 Å². The molecule has 1 aromatic heterocycles. The van der Waals surface area contributed by atoms with Gasteiger partial charge in [-0.15, -0.1) is 0 Å². The molecule has 1 aromatic carbocycles. The van der Waals surface area contributed by atoms with E-state index in [1.54, 1.807) is 11.8 Å². The van der Waals surface area contributed by atoms with E-state index in [4.69, 9.17) is 4.74 Å². The summed E-state index contributed by atoms with van der Waals surface area (Å²) >= 11 is 0. The number of benzene rings is 1. The molecular formula is C19H24N2O3. The lowest BCUT2D eigenvalue weighted by molar-refractivity contribution is -0.131. The van der Waals surface area contributed by atoms with Gasteiger partial charge in [0, 0.05) is 25.6 Å². The Kier molecular flexibility index (Phi) is 4.71. The quantitative estimate of drug-likeness (QED) is 0.938. The molecule has 0 saturated carbocycles. The van der Waals surface area contributed by atoms with Crippen LogP contribution in [0, 0.1) is 13.8 Å². The first-order chi connectivity index (χ1) is 11.4. The SMILES string of the molecule is CC(=O)N(Cc1cc2cc(C)cc(C)c2[nH]c1=O)C[C@H]1CCCO1. The first-order valence-electron chi connectivity index (χ1n) is 8.44. The molecule has 0 spiro atoms.